The molecule has 3 rings (SSSR count). The van der Waals surface area contributed by atoms with Gasteiger partial charge in [-0.1, -0.05) is 46.5 Å². The van der Waals surface area contributed by atoms with Crippen LogP contribution in [0.4, 0.5) is 6.01 Å². The molecule has 23 heavy (non-hydrogen) atoms. The highest BCUT2D eigenvalue weighted by atomic mass is 35.5. The van der Waals surface area contributed by atoms with Gasteiger partial charge >= 0.3 is 6.01 Å². The molecule has 6 heteroatoms. The van der Waals surface area contributed by atoms with Crippen LogP contribution < -0.4 is 5.32 Å². The number of carbonyl (C=O) groups is 1. The SMILES string of the molecule is Cc1ccc(-c2nnc(NC(=O)c3ccccc3Cl)o2)c(C)c1. The molecule has 0 atom stereocenters. The lowest BCUT2D eigenvalue weighted by molar-refractivity contribution is 0.102. The van der Waals surface area contributed by atoms with Crippen LogP contribution in [-0.2, 0) is 0 Å². The van der Waals surface area contributed by atoms with Crippen LogP contribution in [-0.4, -0.2) is 16.1 Å². The summed E-state index contributed by atoms with van der Waals surface area (Å²) >= 11 is 5.99. The number of nitrogens with zero attached hydrogens (tertiary/aromatic N) is 2. The van der Waals surface area contributed by atoms with E-state index in [1.54, 1.807) is 24.3 Å². The Hall–Kier alpha value is -2.66. The second-order valence-corrected chi connectivity index (χ2v) is 5.57. The number of benzene rings is 2. The minimum atomic E-state index is -0.397. The van der Waals surface area contributed by atoms with Gasteiger partial charge in [0.2, 0.25) is 5.89 Å². The van der Waals surface area contributed by atoms with Crippen molar-refractivity contribution in [2.24, 2.45) is 0 Å². The fraction of sp³-hybridized carbons (Fsp3) is 0.118. The zero-order chi connectivity index (χ0) is 16.4. The number of halogens is 1. The number of rotatable bonds is 3. The summed E-state index contributed by atoms with van der Waals surface area (Å²) in [5.41, 5.74) is 3.36. The van der Waals surface area contributed by atoms with Gasteiger partial charge in [0, 0.05) is 5.56 Å². The first-order valence-electron chi connectivity index (χ1n) is 7.01. The van der Waals surface area contributed by atoms with Gasteiger partial charge in [0.05, 0.1) is 10.6 Å². The highest BCUT2D eigenvalue weighted by Crippen LogP contribution is 2.25. The van der Waals surface area contributed by atoms with E-state index < -0.39 is 5.91 Å². The quantitative estimate of drug-likeness (QED) is 0.780. The molecule has 1 N–H and O–H groups in total. The van der Waals surface area contributed by atoms with E-state index in [0.29, 0.717) is 16.5 Å². The van der Waals surface area contributed by atoms with Crippen LogP contribution in [0.5, 0.6) is 0 Å². The molecule has 1 heterocycles. The van der Waals surface area contributed by atoms with E-state index in [4.69, 9.17) is 16.0 Å². The number of hydrogen-bond acceptors (Lipinski definition) is 4. The van der Waals surface area contributed by atoms with Crippen LogP contribution in [0.1, 0.15) is 21.5 Å². The number of nitrogens with one attached hydrogen (secondary N) is 1. The maximum atomic E-state index is 12.2. The van der Waals surface area contributed by atoms with Crippen molar-refractivity contribution >= 4 is 23.5 Å². The summed E-state index contributed by atoms with van der Waals surface area (Å²) in [6.07, 6.45) is 0. The molecular formula is C17H14ClN3O2. The second kappa shape index (κ2) is 6.22. The monoisotopic (exact) mass is 327 g/mol. The molecule has 0 unspecified atom stereocenters. The van der Waals surface area contributed by atoms with Crippen LogP contribution in [0.2, 0.25) is 5.02 Å². The summed E-state index contributed by atoms with van der Waals surface area (Å²) in [6.45, 7) is 3.98. The molecule has 3 aromatic rings. The Labute approximate surface area is 138 Å². The normalized spacial score (nSPS) is 10.6. The van der Waals surface area contributed by atoms with Crippen molar-refractivity contribution in [1.82, 2.24) is 10.2 Å². The van der Waals surface area contributed by atoms with E-state index in [1.807, 2.05) is 32.0 Å². The van der Waals surface area contributed by atoms with Gasteiger partial charge in [0.25, 0.3) is 5.91 Å². The molecule has 0 radical (unpaired) electrons. The predicted octanol–water partition coefficient (Wildman–Crippen LogP) is 4.26. The Bertz CT molecular complexity index is 874. The fourth-order valence-corrected chi connectivity index (χ4v) is 2.47. The minimum absolute atomic E-state index is 0.0323. The first-order chi connectivity index (χ1) is 11.0. The summed E-state index contributed by atoms with van der Waals surface area (Å²) in [7, 11) is 0. The van der Waals surface area contributed by atoms with Gasteiger partial charge in [-0.25, -0.2) is 0 Å². The van der Waals surface area contributed by atoms with E-state index in [0.717, 1.165) is 16.7 Å². The molecule has 0 aliphatic heterocycles. The van der Waals surface area contributed by atoms with Crippen LogP contribution in [0.25, 0.3) is 11.5 Å². The molecule has 116 valence electrons. The van der Waals surface area contributed by atoms with Gasteiger partial charge in [-0.05, 0) is 37.6 Å². The molecule has 0 aliphatic carbocycles. The maximum Gasteiger partial charge on any atom is 0.322 e. The van der Waals surface area contributed by atoms with Crippen LogP contribution in [0.15, 0.2) is 46.9 Å². The van der Waals surface area contributed by atoms with Gasteiger partial charge in [-0.15, -0.1) is 5.10 Å². The first-order valence-corrected chi connectivity index (χ1v) is 7.39. The number of amides is 1. The van der Waals surface area contributed by atoms with E-state index in [2.05, 4.69) is 15.5 Å². The van der Waals surface area contributed by atoms with Crippen molar-refractivity contribution in [3.05, 3.63) is 64.2 Å². The third kappa shape index (κ3) is 3.24. The van der Waals surface area contributed by atoms with Crippen molar-refractivity contribution < 1.29 is 9.21 Å². The van der Waals surface area contributed by atoms with Crippen molar-refractivity contribution in [2.75, 3.05) is 5.32 Å². The third-order valence-electron chi connectivity index (χ3n) is 3.38. The Kier molecular flexibility index (Phi) is 4.12. The summed E-state index contributed by atoms with van der Waals surface area (Å²) < 4.78 is 5.53. The third-order valence-corrected chi connectivity index (χ3v) is 3.71. The number of anilines is 1. The van der Waals surface area contributed by atoms with E-state index in [1.165, 1.54) is 0 Å². The topological polar surface area (TPSA) is 68.0 Å². The number of aromatic nitrogens is 2. The molecule has 0 bridgehead atoms. The van der Waals surface area contributed by atoms with E-state index in [-0.39, 0.29) is 6.01 Å². The van der Waals surface area contributed by atoms with Crippen LogP contribution >= 0.6 is 11.6 Å². The molecule has 1 amide bonds. The smallest absolute Gasteiger partial charge is 0.322 e. The molecular weight excluding hydrogens is 314 g/mol. The molecule has 0 aliphatic rings. The average Bonchev–Trinajstić information content (AvgIpc) is 2.95. The van der Waals surface area contributed by atoms with Crippen LogP contribution in [0, 0.1) is 13.8 Å². The van der Waals surface area contributed by atoms with Gasteiger partial charge in [-0.3, -0.25) is 10.1 Å². The molecule has 0 spiro atoms. The zero-order valence-corrected chi connectivity index (χ0v) is 13.4. The number of aryl methyl sites for hydroxylation is 2. The lowest BCUT2D eigenvalue weighted by Crippen LogP contribution is -2.12. The van der Waals surface area contributed by atoms with E-state index in [9.17, 15) is 4.79 Å². The summed E-state index contributed by atoms with van der Waals surface area (Å²) in [5.74, 6) is -0.0385. The molecule has 0 saturated heterocycles. The Morgan fingerprint density at radius 2 is 1.91 bits per heavy atom. The Balaban J connectivity index is 1.82. The number of hydrogen-bond donors (Lipinski definition) is 1. The molecule has 0 saturated carbocycles. The van der Waals surface area contributed by atoms with Gasteiger partial charge < -0.3 is 4.42 Å². The maximum absolute atomic E-state index is 12.2. The zero-order valence-electron chi connectivity index (χ0n) is 12.6. The summed E-state index contributed by atoms with van der Waals surface area (Å²) in [6, 6.07) is 12.7. The van der Waals surface area contributed by atoms with Gasteiger partial charge in [-0.2, -0.15) is 0 Å². The summed E-state index contributed by atoms with van der Waals surface area (Å²) in [4.78, 5) is 12.2. The largest absolute Gasteiger partial charge is 0.403 e. The predicted molar refractivity (Wildman–Crippen MR) is 88.6 cm³/mol. The minimum Gasteiger partial charge on any atom is -0.403 e. The molecule has 0 fully saturated rings. The lowest BCUT2D eigenvalue weighted by atomic mass is 10.1. The van der Waals surface area contributed by atoms with Gasteiger partial charge in [0.1, 0.15) is 0 Å². The van der Waals surface area contributed by atoms with Crippen LogP contribution in [0.3, 0.4) is 0 Å². The van der Waals surface area contributed by atoms with Crippen molar-refractivity contribution in [1.29, 1.82) is 0 Å². The standard InChI is InChI=1S/C17H14ClN3O2/c1-10-7-8-12(11(2)9-10)16-20-21-17(23-16)19-15(22)13-5-3-4-6-14(13)18/h3-9H,1-2H3,(H,19,21,22). The van der Waals surface area contributed by atoms with Crippen molar-refractivity contribution in [3.8, 4) is 11.5 Å². The Morgan fingerprint density at radius 3 is 2.65 bits per heavy atom. The number of carbonyl (C=O) groups excluding carboxylic acids is 1. The van der Waals surface area contributed by atoms with Gasteiger partial charge in [0.15, 0.2) is 0 Å². The van der Waals surface area contributed by atoms with Crippen molar-refractivity contribution in [2.45, 2.75) is 13.8 Å². The highest BCUT2D eigenvalue weighted by Gasteiger charge is 2.15. The first kappa shape index (κ1) is 15.2. The molecule has 5 nitrogen and oxygen atoms in total. The van der Waals surface area contributed by atoms with E-state index >= 15 is 0 Å². The lowest BCUT2D eigenvalue weighted by Gasteiger charge is -2.03. The molecule has 1 aromatic heterocycles. The Morgan fingerprint density at radius 1 is 1.13 bits per heavy atom. The fourth-order valence-electron chi connectivity index (χ4n) is 2.25. The average molecular weight is 328 g/mol. The van der Waals surface area contributed by atoms with Crippen molar-refractivity contribution in [3.63, 3.8) is 0 Å². The second-order valence-electron chi connectivity index (χ2n) is 5.16. The highest BCUT2D eigenvalue weighted by molar-refractivity contribution is 6.34. The molecule has 2 aromatic carbocycles. The summed E-state index contributed by atoms with van der Waals surface area (Å²) in [5, 5.41) is 10.8.